The predicted molar refractivity (Wildman–Crippen MR) is 129 cm³/mol. The predicted octanol–water partition coefficient (Wildman–Crippen LogP) is 5.56. The Hall–Kier alpha value is -2.97. The van der Waals surface area contributed by atoms with E-state index in [1.807, 2.05) is 30.3 Å². The second-order valence-corrected chi connectivity index (χ2v) is 10.6. The van der Waals surface area contributed by atoms with Crippen molar-refractivity contribution in [1.29, 1.82) is 0 Å². The van der Waals surface area contributed by atoms with Gasteiger partial charge in [-0.3, -0.25) is 9.78 Å². The van der Waals surface area contributed by atoms with Crippen molar-refractivity contribution in [1.82, 2.24) is 9.88 Å². The number of aliphatic carboxylic acids is 1. The van der Waals surface area contributed by atoms with Gasteiger partial charge in [-0.1, -0.05) is 48.0 Å². The highest BCUT2D eigenvalue weighted by Crippen LogP contribution is 2.51. The molecule has 1 amide bonds. The van der Waals surface area contributed by atoms with Gasteiger partial charge >= 0.3 is 5.97 Å². The zero-order valence-electron chi connectivity index (χ0n) is 18.5. The van der Waals surface area contributed by atoms with Gasteiger partial charge in [-0.2, -0.15) is 0 Å². The molecule has 2 heterocycles. The molecule has 180 valence electrons. The van der Waals surface area contributed by atoms with Gasteiger partial charge in [0.15, 0.2) is 0 Å². The summed E-state index contributed by atoms with van der Waals surface area (Å²) in [7, 11) is 0. The van der Waals surface area contributed by atoms with Crippen molar-refractivity contribution in [2.24, 2.45) is 0 Å². The first-order chi connectivity index (χ1) is 16.8. The lowest BCUT2D eigenvalue weighted by Gasteiger charge is -2.26. The van der Waals surface area contributed by atoms with Gasteiger partial charge in [-0.15, -0.1) is 11.8 Å². The van der Waals surface area contributed by atoms with Crippen LogP contribution in [0.25, 0.3) is 11.1 Å². The molecule has 35 heavy (non-hydrogen) atoms. The van der Waals surface area contributed by atoms with Crippen molar-refractivity contribution < 1.29 is 23.5 Å². The van der Waals surface area contributed by atoms with Crippen molar-refractivity contribution in [2.45, 2.75) is 40.9 Å². The highest BCUT2D eigenvalue weighted by atomic mass is 35.5. The van der Waals surface area contributed by atoms with Gasteiger partial charge in [0.25, 0.3) is 0 Å². The highest BCUT2D eigenvalue weighted by Gasteiger charge is 2.58. The topological polar surface area (TPSA) is 70.5 Å². The van der Waals surface area contributed by atoms with Gasteiger partial charge < -0.3 is 10.0 Å². The van der Waals surface area contributed by atoms with Crippen LogP contribution in [0.3, 0.4) is 0 Å². The molecule has 2 fully saturated rings. The van der Waals surface area contributed by atoms with E-state index in [9.17, 15) is 23.5 Å². The molecule has 0 spiro atoms. The van der Waals surface area contributed by atoms with Crippen molar-refractivity contribution in [2.75, 3.05) is 6.54 Å². The highest BCUT2D eigenvalue weighted by molar-refractivity contribution is 8.00. The lowest BCUT2D eigenvalue weighted by Crippen LogP contribution is -2.46. The van der Waals surface area contributed by atoms with Crippen molar-refractivity contribution in [3.05, 3.63) is 83.1 Å². The molecular weight excluding hydrogens is 494 g/mol. The quantitative estimate of drug-likeness (QED) is 0.466. The average molecular weight is 515 g/mol. The summed E-state index contributed by atoms with van der Waals surface area (Å²) in [4.78, 5) is 31.3. The Kier molecular flexibility index (Phi) is 6.27. The Labute approximate surface area is 210 Å². The van der Waals surface area contributed by atoms with Gasteiger partial charge in [0, 0.05) is 22.9 Å². The minimum atomic E-state index is -1.18. The van der Waals surface area contributed by atoms with E-state index in [-0.39, 0.29) is 28.9 Å². The maximum atomic E-state index is 14.7. The van der Waals surface area contributed by atoms with E-state index >= 15 is 0 Å². The largest absolute Gasteiger partial charge is 0.480 e. The SMILES string of the molecule is O=C(O)[C@@H]1C[C@@H](Sc2cc(-c3ccccc3)ccc2F)CN1C(=O)C1(c2ncc(Cl)cc2F)CC1. The zero-order chi connectivity index (χ0) is 24.7. The first-order valence-corrected chi connectivity index (χ1v) is 12.4. The second kappa shape index (κ2) is 9.24. The Morgan fingerprint density at radius 2 is 1.80 bits per heavy atom. The maximum Gasteiger partial charge on any atom is 0.326 e. The third kappa shape index (κ3) is 4.52. The van der Waals surface area contributed by atoms with Crippen LogP contribution in [0.2, 0.25) is 5.02 Å². The van der Waals surface area contributed by atoms with Crippen LogP contribution in [-0.4, -0.2) is 44.7 Å². The van der Waals surface area contributed by atoms with Gasteiger partial charge in [0.1, 0.15) is 17.7 Å². The van der Waals surface area contributed by atoms with Crippen LogP contribution in [-0.2, 0) is 15.0 Å². The molecule has 9 heteroatoms. The molecule has 2 atom stereocenters. The minimum Gasteiger partial charge on any atom is -0.480 e. The normalized spacial score (nSPS) is 20.6. The van der Waals surface area contributed by atoms with E-state index in [1.54, 1.807) is 12.1 Å². The molecule has 5 nitrogen and oxygen atoms in total. The van der Waals surface area contributed by atoms with Gasteiger partial charge in [-0.25, -0.2) is 13.6 Å². The number of thioether (sulfide) groups is 1. The third-order valence-electron chi connectivity index (χ3n) is 6.56. The zero-order valence-corrected chi connectivity index (χ0v) is 20.0. The van der Waals surface area contributed by atoms with Crippen LogP contribution in [0.5, 0.6) is 0 Å². The molecule has 0 unspecified atom stereocenters. The summed E-state index contributed by atoms with van der Waals surface area (Å²) in [6.07, 6.45) is 2.21. The molecule has 1 aliphatic carbocycles. The number of hydrogen-bond donors (Lipinski definition) is 1. The third-order valence-corrected chi connectivity index (χ3v) is 8.01. The number of likely N-dealkylation sites (tertiary alicyclic amines) is 1. The number of rotatable bonds is 6. The van der Waals surface area contributed by atoms with Gasteiger partial charge in [0.05, 0.1) is 16.1 Å². The second-order valence-electron chi connectivity index (χ2n) is 8.86. The minimum absolute atomic E-state index is 0.00579. The van der Waals surface area contributed by atoms with E-state index in [4.69, 9.17) is 11.6 Å². The Morgan fingerprint density at radius 1 is 1.06 bits per heavy atom. The summed E-state index contributed by atoms with van der Waals surface area (Å²) < 4.78 is 29.3. The van der Waals surface area contributed by atoms with E-state index in [0.717, 1.165) is 17.2 Å². The summed E-state index contributed by atoms with van der Waals surface area (Å²) in [6, 6.07) is 14.4. The Bertz CT molecular complexity index is 1300. The number of nitrogens with zero attached hydrogens (tertiary/aromatic N) is 2. The molecular formula is C26H21ClF2N2O3S. The molecule has 3 aromatic rings. The summed E-state index contributed by atoms with van der Waals surface area (Å²) in [5.74, 6) is -2.68. The number of carboxylic acids is 1. The molecule has 1 aliphatic heterocycles. The standard InChI is InChI=1S/C26H21ClF2N2O3S/c27-17-11-20(29)23(30-13-17)26(8-9-26)25(34)31-14-18(12-21(31)24(32)33)35-22-10-16(6-7-19(22)28)15-4-2-1-3-5-15/h1-7,10-11,13,18,21H,8-9,12,14H2,(H,32,33)/t18-,21+/m1/s1. The van der Waals surface area contributed by atoms with Gasteiger partial charge in [0.2, 0.25) is 5.91 Å². The number of amides is 1. The molecule has 1 N–H and O–H groups in total. The molecule has 0 radical (unpaired) electrons. The summed E-state index contributed by atoms with van der Waals surface area (Å²) in [5, 5.41) is 9.61. The lowest BCUT2D eigenvalue weighted by molar-refractivity contribution is -0.149. The number of hydrogen-bond acceptors (Lipinski definition) is 4. The maximum absolute atomic E-state index is 14.7. The number of carboxylic acid groups (broad SMARTS) is 1. The number of benzene rings is 2. The first-order valence-electron chi connectivity index (χ1n) is 11.2. The number of carbonyl (C=O) groups is 2. The smallest absolute Gasteiger partial charge is 0.326 e. The van der Waals surface area contributed by atoms with E-state index < -0.39 is 35.0 Å². The number of aromatic nitrogens is 1. The van der Waals surface area contributed by atoms with Crippen LogP contribution < -0.4 is 0 Å². The van der Waals surface area contributed by atoms with Crippen LogP contribution in [0.4, 0.5) is 8.78 Å². The van der Waals surface area contributed by atoms with Crippen LogP contribution in [0.1, 0.15) is 25.0 Å². The average Bonchev–Trinajstić information content (AvgIpc) is 3.53. The molecule has 5 rings (SSSR count). The van der Waals surface area contributed by atoms with Crippen molar-refractivity contribution >= 4 is 35.2 Å². The van der Waals surface area contributed by atoms with Gasteiger partial charge in [-0.05, 0) is 48.6 Å². The number of pyridine rings is 1. The van der Waals surface area contributed by atoms with Crippen LogP contribution in [0.15, 0.2) is 65.7 Å². The molecule has 1 aromatic heterocycles. The Balaban J connectivity index is 1.39. The molecule has 2 aromatic carbocycles. The molecule has 0 bridgehead atoms. The molecule has 1 saturated carbocycles. The fourth-order valence-electron chi connectivity index (χ4n) is 4.64. The monoisotopic (exact) mass is 514 g/mol. The molecule has 2 aliphatic rings. The van der Waals surface area contributed by atoms with E-state index in [1.165, 1.54) is 28.9 Å². The van der Waals surface area contributed by atoms with Crippen LogP contribution in [0, 0.1) is 11.6 Å². The van der Waals surface area contributed by atoms with Crippen molar-refractivity contribution in [3.63, 3.8) is 0 Å². The lowest BCUT2D eigenvalue weighted by atomic mass is 9.98. The summed E-state index contributed by atoms with van der Waals surface area (Å²) in [5.41, 5.74) is 0.597. The van der Waals surface area contributed by atoms with Crippen LogP contribution >= 0.6 is 23.4 Å². The number of halogens is 3. The number of carbonyl (C=O) groups excluding carboxylic acids is 1. The van der Waals surface area contributed by atoms with Crippen molar-refractivity contribution in [3.8, 4) is 11.1 Å². The summed E-state index contributed by atoms with van der Waals surface area (Å²) >= 11 is 7.03. The first kappa shape index (κ1) is 23.8. The van der Waals surface area contributed by atoms with E-state index in [2.05, 4.69) is 4.98 Å². The fraction of sp³-hybridized carbons (Fsp3) is 0.269. The fourth-order valence-corrected chi connectivity index (χ4v) is 6.04. The molecule has 1 saturated heterocycles. The van der Waals surface area contributed by atoms with E-state index in [0.29, 0.717) is 17.7 Å². The summed E-state index contributed by atoms with van der Waals surface area (Å²) in [6.45, 7) is 0.117. The Morgan fingerprint density at radius 3 is 2.46 bits per heavy atom.